The molecule has 150 valence electrons. The molecule has 2 amide bonds. The summed E-state index contributed by atoms with van der Waals surface area (Å²) >= 11 is 2.77. The van der Waals surface area contributed by atoms with Gasteiger partial charge in [0.1, 0.15) is 0 Å². The maximum Gasteiger partial charge on any atom is 0.291 e. The molecule has 0 aliphatic carbocycles. The Kier molecular flexibility index (Phi) is 6.26. The molecule has 0 saturated carbocycles. The normalized spacial score (nSPS) is 10.5. The van der Waals surface area contributed by atoms with Gasteiger partial charge in [0.15, 0.2) is 10.9 Å². The van der Waals surface area contributed by atoms with Gasteiger partial charge in [-0.25, -0.2) is 4.98 Å². The molecule has 0 saturated heterocycles. The molecule has 6 nitrogen and oxygen atoms in total. The van der Waals surface area contributed by atoms with Crippen LogP contribution < -0.4 is 10.6 Å². The Balaban J connectivity index is 1.31. The molecule has 8 heteroatoms. The zero-order valence-corrected chi connectivity index (χ0v) is 17.3. The van der Waals surface area contributed by atoms with E-state index >= 15 is 0 Å². The van der Waals surface area contributed by atoms with Crippen LogP contribution in [0.3, 0.4) is 0 Å². The summed E-state index contributed by atoms with van der Waals surface area (Å²) in [5.74, 6) is 0.0122. The summed E-state index contributed by atoms with van der Waals surface area (Å²) in [6.07, 6.45) is 1.45. The topological polar surface area (TPSA) is 84.2 Å². The number of nitrogens with one attached hydrogen (secondary N) is 2. The molecule has 0 aliphatic heterocycles. The average molecular weight is 436 g/mol. The third-order valence-corrected chi connectivity index (χ3v) is 5.78. The molecule has 0 radical (unpaired) electrons. The van der Waals surface area contributed by atoms with Crippen molar-refractivity contribution in [3.63, 3.8) is 0 Å². The fourth-order valence-corrected chi connectivity index (χ4v) is 4.13. The van der Waals surface area contributed by atoms with Gasteiger partial charge in [-0.1, -0.05) is 36.4 Å². The van der Waals surface area contributed by atoms with Gasteiger partial charge >= 0.3 is 0 Å². The molecule has 0 spiro atoms. The summed E-state index contributed by atoms with van der Waals surface area (Å²) in [5.41, 5.74) is 2.48. The van der Waals surface area contributed by atoms with Crippen molar-refractivity contribution in [3.8, 4) is 11.3 Å². The standard InChI is InChI=1S/C22H17N3O3S2/c26-20(25-22-24-18(13-30-22)15-6-2-1-3-7-15)14-29-17-9-4-8-16(12-17)23-21(27)19-10-5-11-28-19/h1-13H,14H2,(H,23,27)(H,24,25,26). The van der Waals surface area contributed by atoms with Crippen LogP contribution in [0.25, 0.3) is 11.3 Å². The van der Waals surface area contributed by atoms with E-state index in [0.29, 0.717) is 10.8 Å². The second-order valence-electron chi connectivity index (χ2n) is 6.20. The van der Waals surface area contributed by atoms with E-state index in [1.54, 1.807) is 18.2 Å². The number of benzene rings is 2. The first kappa shape index (κ1) is 19.9. The number of hydrogen-bond acceptors (Lipinski definition) is 6. The smallest absolute Gasteiger partial charge is 0.291 e. The van der Waals surface area contributed by atoms with E-state index < -0.39 is 0 Å². The van der Waals surface area contributed by atoms with Crippen LogP contribution in [-0.4, -0.2) is 22.6 Å². The molecule has 2 aromatic heterocycles. The number of carbonyl (C=O) groups excluding carboxylic acids is 2. The molecule has 0 fully saturated rings. The summed E-state index contributed by atoms with van der Waals surface area (Å²) in [7, 11) is 0. The van der Waals surface area contributed by atoms with E-state index in [4.69, 9.17) is 4.42 Å². The minimum atomic E-state index is -0.321. The van der Waals surface area contributed by atoms with Crippen molar-refractivity contribution in [2.75, 3.05) is 16.4 Å². The van der Waals surface area contributed by atoms with Gasteiger partial charge in [-0.3, -0.25) is 9.59 Å². The van der Waals surface area contributed by atoms with Crippen molar-refractivity contribution in [1.29, 1.82) is 0 Å². The molecule has 0 atom stereocenters. The summed E-state index contributed by atoms with van der Waals surface area (Å²) in [6, 6.07) is 20.4. The van der Waals surface area contributed by atoms with Crippen molar-refractivity contribution in [2.24, 2.45) is 0 Å². The van der Waals surface area contributed by atoms with E-state index in [1.807, 2.05) is 53.9 Å². The number of nitrogens with zero attached hydrogens (tertiary/aromatic N) is 1. The Morgan fingerprint density at radius 1 is 1.00 bits per heavy atom. The number of rotatable bonds is 7. The maximum atomic E-state index is 12.3. The molecular weight excluding hydrogens is 418 g/mol. The minimum absolute atomic E-state index is 0.140. The van der Waals surface area contributed by atoms with Crippen molar-refractivity contribution < 1.29 is 14.0 Å². The lowest BCUT2D eigenvalue weighted by Gasteiger charge is -2.06. The number of amides is 2. The third kappa shape index (κ3) is 5.16. The highest BCUT2D eigenvalue weighted by atomic mass is 32.2. The van der Waals surface area contributed by atoms with Crippen molar-refractivity contribution >= 4 is 45.7 Å². The van der Waals surface area contributed by atoms with Crippen LogP contribution in [0, 0.1) is 0 Å². The van der Waals surface area contributed by atoms with Crippen LogP contribution in [0.1, 0.15) is 10.6 Å². The number of thiazole rings is 1. The van der Waals surface area contributed by atoms with E-state index in [2.05, 4.69) is 15.6 Å². The lowest BCUT2D eigenvalue weighted by Crippen LogP contribution is -2.14. The first-order valence-corrected chi connectivity index (χ1v) is 10.9. The molecule has 30 heavy (non-hydrogen) atoms. The SMILES string of the molecule is O=C(CSc1cccc(NC(=O)c2ccco2)c1)Nc1nc(-c2ccccc2)cs1. The van der Waals surface area contributed by atoms with E-state index in [0.717, 1.165) is 16.2 Å². The molecule has 0 aliphatic rings. The Morgan fingerprint density at radius 2 is 1.87 bits per heavy atom. The zero-order valence-electron chi connectivity index (χ0n) is 15.7. The van der Waals surface area contributed by atoms with Crippen molar-refractivity contribution in [3.05, 3.63) is 84.1 Å². The van der Waals surface area contributed by atoms with Gasteiger partial charge in [0.2, 0.25) is 5.91 Å². The molecule has 4 aromatic rings. The van der Waals surface area contributed by atoms with Gasteiger partial charge in [0.25, 0.3) is 5.91 Å². The highest BCUT2D eigenvalue weighted by Crippen LogP contribution is 2.26. The van der Waals surface area contributed by atoms with Crippen LogP contribution in [-0.2, 0) is 4.79 Å². The fourth-order valence-electron chi connectivity index (χ4n) is 2.64. The van der Waals surface area contributed by atoms with Gasteiger partial charge in [-0.15, -0.1) is 23.1 Å². The van der Waals surface area contributed by atoms with Crippen LogP contribution in [0.2, 0.25) is 0 Å². The van der Waals surface area contributed by atoms with E-state index in [-0.39, 0.29) is 23.3 Å². The lowest BCUT2D eigenvalue weighted by molar-refractivity contribution is -0.113. The molecule has 2 N–H and O–H groups in total. The van der Waals surface area contributed by atoms with Crippen molar-refractivity contribution in [1.82, 2.24) is 4.98 Å². The monoisotopic (exact) mass is 435 g/mol. The molecule has 0 unspecified atom stereocenters. The summed E-state index contributed by atoms with van der Waals surface area (Å²) in [6.45, 7) is 0. The van der Waals surface area contributed by atoms with Crippen LogP contribution >= 0.6 is 23.1 Å². The zero-order chi connectivity index (χ0) is 20.8. The van der Waals surface area contributed by atoms with Gasteiger partial charge < -0.3 is 15.1 Å². The molecule has 4 rings (SSSR count). The second-order valence-corrected chi connectivity index (χ2v) is 8.11. The largest absolute Gasteiger partial charge is 0.459 e. The number of aromatic nitrogens is 1. The van der Waals surface area contributed by atoms with Crippen LogP contribution in [0.4, 0.5) is 10.8 Å². The quantitative estimate of drug-likeness (QED) is 0.381. The van der Waals surface area contributed by atoms with E-state index in [9.17, 15) is 9.59 Å². The summed E-state index contributed by atoms with van der Waals surface area (Å²) in [5, 5.41) is 8.10. The first-order valence-electron chi connectivity index (χ1n) is 9.06. The van der Waals surface area contributed by atoms with Gasteiger partial charge in [0, 0.05) is 21.5 Å². The average Bonchev–Trinajstić information content (AvgIpc) is 3.46. The van der Waals surface area contributed by atoms with Gasteiger partial charge in [-0.05, 0) is 30.3 Å². The fraction of sp³-hybridized carbons (Fsp3) is 0.0455. The number of anilines is 2. The third-order valence-electron chi connectivity index (χ3n) is 4.03. The predicted octanol–water partition coefficient (Wildman–Crippen LogP) is 5.39. The molecule has 2 aromatic carbocycles. The number of hydrogen-bond donors (Lipinski definition) is 2. The minimum Gasteiger partial charge on any atom is -0.459 e. The summed E-state index contributed by atoms with van der Waals surface area (Å²) in [4.78, 5) is 29.7. The number of furan rings is 1. The molecular formula is C22H17N3O3S2. The molecule has 0 bridgehead atoms. The van der Waals surface area contributed by atoms with Gasteiger partial charge in [0.05, 0.1) is 17.7 Å². The number of carbonyl (C=O) groups is 2. The van der Waals surface area contributed by atoms with E-state index in [1.165, 1.54) is 29.4 Å². The predicted molar refractivity (Wildman–Crippen MR) is 120 cm³/mol. The van der Waals surface area contributed by atoms with Crippen LogP contribution in [0.15, 0.2) is 87.7 Å². The van der Waals surface area contributed by atoms with Gasteiger partial charge in [-0.2, -0.15) is 0 Å². The van der Waals surface area contributed by atoms with Crippen molar-refractivity contribution in [2.45, 2.75) is 4.90 Å². The Labute approximate surface area is 181 Å². The molecule has 2 heterocycles. The maximum absolute atomic E-state index is 12.3. The Morgan fingerprint density at radius 3 is 2.67 bits per heavy atom. The highest BCUT2D eigenvalue weighted by Gasteiger charge is 2.11. The Hall–Kier alpha value is -3.36. The van der Waals surface area contributed by atoms with Crippen LogP contribution in [0.5, 0.6) is 0 Å². The second kappa shape index (κ2) is 9.43. The summed E-state index contributed by atoms with van der Waals surface area (Å²) < 4.78 is 5.09. The Bertz CT molecular complexity index is 1140. The number of thioether (sulfide) groups is 1. The highest BCUT2D eigenvalue weighted by molar-refractivity contribution is 8.00. The lowest BCUT2D eigenvalue weighted by atomic mass is 10.2. The first-order chi connectivity index (χ1) is 14.7.